The molecule has 2 aromatic rings. The monoisotopic (exact) mass is 350 g/mol. The number of carbonyl (C=O) groups is 1. The Labute approximate surface area is 139 Å². The number of primary sulfonamides is 1. The number of anilines is 1. The van der Waals surface area contributed by atoms with Gasteiger partial charge in [-0.15, -0.1) is 11.3 Å². The van der Waals surface area contributed by atoms with E-state index >= 15 is 0 Å². The molecule has 0 spiro atoms. The second-order valence-corrected chi connectivity index (χ2v) is 8.11. The minimum Gasteiger partial charge on any atom is -0.322 e. The van der Waals surface area contributed by atoms with Crippen LogP contribution in [0.25, 0.3) is 6.08 Å². The van der Waals surface area contributed by atoms with Gasteiger partial charge in [-0.3, -0.25) is 4.79 Å². The quantitative estimate of drug-likeness (QED) is 0.831. The smallest absolute Gasteiger partial charge is 0.248 e. The number of rotatable bonds is 4. The molecular formula is C16H18N2O3S2. The van der Waals surface area contributed by atoms with E-state index in [1.807, 2.05) is 26.0 Å². The van der Waals surface area contributed by atoms with Gasteiger partial charge in [-0.25, -0.2) is 13.6 Å². The van der Waals surface area contributed by atoms with E-state index in [1.54, 1.807) is 24.3 Å². The number of benzene rings is 1. The minimum atomic E-state index is -3.82. The van der Waals surface area contributed by atoms with Gasteiger partial charge in [0.05, 0.1) is 4.90 Å². The first-order valence-corrected chi connectivity index (χ1v) is 9.22. The van der Waals surface area contributed by atoms with Crippen LogP contribution in [-0.2, 0) is 14.8 Å². The molecule has 1 amide bonds. The Hall–Kier alpha value is -1.96. The Balaban J connectivity index is 2.23. The van der Waals surface area contributed by atoms with Gasteiger partial charge in [0.1, 0.15) is 0 Å². The van der Waals surface area contributed by atoms with Gasteiger partial charge in [0, 0.05) is 21.5 Å². The van der Waals surface area contributed by atoms with Crippen molar-refractivity contribution < 1.29 is 13.2 Å². The number of amides is 1. The molecule has 0 bridgehead atoms. The molecule has 0 saturated carbocycles. The highest BCUT2D eigenvalue weighted by Gasteiger charge is 2.13. The van der Waals surface area contributed by atoms with E-state index in [0.29, 0.717) is 5.69 Å². The lowest BCUT2D eigenvalue weighted by Gasteiger charge is -2.11. The lowest BCUT2D eigenvalue weighted by atomic mass is 10.1. The molecule has 0 fully saturated rings. The first-order valence-electron chi connectivity index (χ1n) is 6.86. The maximum Gasteiger partial charge on any atom is 0.248 e. The lowest BCUT2D eigenvalue weighted by molar-refractivity contribution is -0.111. The van der Waals surface area contributed by atoms with E-state index in [1.165, 1.54) is 18.2 Å². The average molecular weight is 350 g/mol. The zero-order chi connectivity index (χ0) is 17.2. The maximum absolute atomic E-state index is 12.0. The molecule has 1 heterocycles. The number of carbonyl (C=O) groups excluding carboxylic acids is 1. The summed E-state index contributed by atoms with van der Waals surface area (Å²) in [6.07, 6.45) is 3.14. The number of nitrogens with one attached hydrogen (secondary N) is 1. The van der Waals surface area contributed by atoms with Crippen molar-refractivity contribution in [2.24, 2.45) is 5.14 Å². The Kier molecular flexibility index (Phi) is 5.03. The Morgan fingerprint density at radius 3 is 2.48 bits per heavy atom. The van der Waals surface area contributed by atoms with Gasteiger partial charge in [0.15, 0.2) is 0 Å². The third kappa shape index (κ3) is 4.51. The molecular weight excluding hydrogens is 332 g/mol. The fraction of sp³-hybridized carbons (Fsp3) is 0.188. The van der Waals surface area contributed by atoms with Crippen LogP contribution in [0.2, 0.25) is 0 Å². The third-order valence-electron chi connectivity index (χ3n) is 3.39. The first kappa shape index (κ1) is 17.4. The molecule has 7 heteroatoms. The van der Waals surface area contributed by atoms with Crippen molar-refractivity contribution in [3.8, 4) is 0 Å². The molecule has 5 nitrogen and oxygen atoms in total. The van der Waals surface area contributed by atoms with Crippen molar-refractivity contribution in [3.63, 3.8) is 0 Å². The molecule has 2 rings (SSSR count). The van der Waals surface area contributed by atoms with Gasteiger partial charge in [-0.1, -0.05) is 0 Å². The second kappa shape index (κ2) is 6.66. The summed E-state index contributed by atoms with van der Waals surface area (Å²) < 4.78 is 23.0. The van der Waals surface area contributed by atoms with Crippen LogP contribution >= 0.6 is 11.3 Å². The highest BCUT2D eigenvalue weighted by atomic mass is 32.2. The van der Waals surface area contributed by atoms with E-state index in [0.717, 1.165) is 20.9 Å². The van der Waals surface area contributed by atoms with Crippen LogP contribution in [-0.4, -0.2) is 14.3 Å². The summed E-state index contributed by atoms with van der Waals surface area (Å²) in [5.41, 5.74) is 1.97. The van der Waals surface area contributed by atoms with Crippen molar-refractivity contribution in [1.29, 1.82) is 0 Å². The molecule has 0 saturated heterocycles. The largest absolute Gasteiger partial charge is 0.322 e. The molecule has 0 aliphatic carbocycles. The van der Waals surface area contributed by atoms with Crippen LogP contribution in [0.5, 0.6) is 0 Å². The van der Waals surface area contributed by atoms with E-state index in [9.17, 15) is 13.2 Å². The van der Waals surface area contributed by atoms with Gasteiger partial charge >= 0.3 is 0 Å². The second-order valence-electron chi connectivity index (χ2n) is 5.23. The van der Waals surface area contributed by atoms with Gasteiger partial charge in [-0.2, -0.15) is 0 Å². The highest BCUT2D eigenvalue weighted by molar-refractivity contribution is 7.89. The standard InChI is InChI=1S/C16H18N2O3S2/c1-10-8-14(23(17,20)21)9-15(12(10)3)18-16(19)7-6-13-5-4-11(2)22-13/h4-9H,1-3H3,(H,18,19)(H2,17,20,21)/b7-6+. The number of aryl methyl sites for hydroxylation is 2. The van der Waals surface area contributed by atoms with Crippen molar-refractivity contribution in [3.05, 3.63) is 51.2 Å². The van der Waals surface area contributed by atoms with Crippen LogP contribution in [0.1, 0.15) is 20.9 Å². The van der Waals surface area contributed by atoms with Crippen molar-refractivity contribution in [2.45, 2.75) is 25.7 Å². The topological polar surface area (TPSA) is 89.3 Å². The molecule has 3 N–H and O–H groups in total. The number of hydrogen-bond acceptors (Lipinski definition) is 4. The number of nitrogens with two attached hydrogens (primary N) is 1. The summed E-state index contributed by atoms with van der Waals surface area (Å²) in [5.74, 6) is -0.329. The van der Waals surface area contributed by atoms with Crippen LogP contribution in [0, 0.1) is 20.8 Å². The molecule has 0 aliphatic rings. The number of hydrogen-bond donors (Lipinski definition) is 2. The third-order valence-corrected chi connectivity index (χ3v) is 5.25. The predicted octanol–water partition coefficient (Wildman–Crippen LogP) is 2.97. The SMILES string of the molecule is Cc1ccc(/C=C/C(=O)Nc2cc(S(N)(=O)=O)cc(C)c2C)s1. The molecule has 0 radical (unpaired) electrons. The van der Waals surface area contributed by atoms with Crippen molar-refractivity contribution >= 4 is 39.0 Å². The highest BCUT2D eigenvalue weighted by Crippen LogP contribution is 2.23. The average Bonchev–Trinajstić information content (AvgIpc) is 2.86. The molecule has 0 unspecified atom stereocenters. The lowest BCUT2D eigenvalue weighted by Crippen LogP contribution is -2.15. The molecule has 1 aromatic heterocycles. The van der Waals surface area contributed by atoms with Crippen LogP contribution in [0.3, 0.4) is 0 Å². The first-order chi connectivity index (χ1) is 10.7. The minimum absolute atomic E-state index is 0.0197. The Morgan fingerprint density at radius 2 is 1.91 bits per heavy atom. The normalized spacial score (nSPS) is 11.8. The molecule has 122 valence electrons. The molecule has 0 aliphatic heterocycles. The summed E-state index contributed by atoms with van der Waals surface area (Å²) in [4.78, 5) is 14.2. The fourth-order valence-corrected chi connectivity index (χ4v) is 3.40. The fourth-order valence-electron chi connectivity index (χ4n) is 2.00. The van der Waals surface area contributed by atoms with E-state index in [4.69, 9.17) is 5.14 Å². The van der Waals surface area contributed by atoms with Gasteiger partial charge in [0.2, 0.25) is 15.9 Å². The molecule has 1 aromatic carbocycles. The molecule has 0 atom stereocenters. The summed E-state index contributed by atoms with van der Waals surface area (Å²) >= 11 is 1.58. The van der Waals surface area contributed by atoms with E-state index in [2.05, 4.69) is 5.32 Å². The summed E-state index contributed by atoms with van der Waals surface area (Å²) in [6.45, 7) is 5.57. The van der Waals surface area contributed by atoms with E-state index in [-0.39, 0.29) is 10.8 Å². The van der Waals surface area contributed by atoms with Gasteiger partial charge < -0.3 is 5.32 Å². The van der Waals surface area contributed by atoms with Crippen LogP contribution < -0.4 is 10.5 Å². The number of thiophene rings is 1. The maximum atomic E-state index is 12.0. The van der Waals surface area contributed by atoms with Crippen molar-refractivity contribution in [1.82, 2.24) is 0 Å². The van der Waals surface area contributed by atoms with Crippen LogP contribution in [0.15, 0.2) is 35.2 Å². The zero-order valence-corrected chi connectivity index (χ0v) is 14.7. The summed E-state index contributed by atoms with van der Waals surface area (Å²) in [5, 5.41) is 7.86. The molecule has 23 heavy (non-hydrogen) atoms. The Bertz CT molecular complexity index is 881. The zero-order valence-electron chi connectivity index (χ0n) is 13.1. The summed E-state index contributed by atoms with van der Waals surface area (Å²) in [6, 6.07) is 6.77. The van der Waals surface area contributed by atoms with Crippen LogP contribution in [0.4, 0.5) is 5.69 Å². The number of sulfonamides is 1. The Morgan fingerprint density at radius 1 is 1.22 bits per heavy atom. The predicted molar refractivity (Wildman–Crippen MR) is 94.0 cm³/mol. The van der Waals surface area contributed by atoms with Crippen molar-refractivity contribution in [2.75, 3.05) is 5.32 Å². The van der Waals surface area contributed by atoms with Gasteiger partial charge in [0.25, 0.3) is 0 Å². The van der Waals surface area contributed by atoms with Gasteiger partial charge in [-0.05, 0) is 62.2 Å². The van der Waals surface area contributed by atoms with E-state index < -0.39 is 10.0 Å². The summed E-state index contributed by atoms with van der Waals surface area (Å²) in [7, 11) is -3.82.